The van der Waals surface area contributed by atoms with E-state index in [0.29, 0.717) is 34.9 Å². The molecule has 0 radical (unpaired) electrons. The first-order chi connectivity index (χ1) is 9.97. The molecular weight excluding hydrogens is 270 g/mol. The van der Waals surface area contributed by atoms with Gasteiger partial charge in [0.1, 0.15) is 5.56 Å². The van der Waals surface area contributed by atoms with Crippen LogP contribution in [0.25, 0.3) is 0 Å². The van der Waals surface area contributed by atoms with Gasteiger partial charge in [-0.15, -0.1) is 0 Å². The summed E-state index contributed by atoms with van der Waals surface area (Å²) in [6.45, 7) is 4.80. The standard InChI is InChI=1S/C16H19NO4/c1-16(2)8-10(16)6-7-20-15(19)11-4-3-5-12-14(11)21-9-13(18)17-12/h3-5,10H,6-9H2,1-2H3,(H,17,18). The molecule has 21 heavy (non-hydrogen) atoms. The molecule has 1 aromatic rings. The molecule has 1 aliphatic carbocycles. The van der Waals surface area contributed by atoms with Crippen LogP contribution in [-0.2, 0) is 9.53 Å². The van der Waals surface area contributed by atoms with Crippen molar-refractivity contribution in [1.29, 1.82) is 0 Å². The maximum absolute atomic E-state index is 12.1. The van der Waals surface area contributed by atoms with Gasteiger partial charge >= 0.3 is 5.97 Å². The molecule has 112 valence electrons. The highest BCUT2D eigenvalue weighted by Gasteiger charge is 2.44. The van der Waals surface area contributed by atoms with Crippen LogP contribution in [0.2, 0.25) is 0 Å². The number of esters is 1. The first-order valence-electron chi connectivity index (χ1n) is 7.20. The first kappa shape index (κ1) is 13.9. The van der Waals surface area contributed by atoms with Crippen molar-refractivity contribution < 1.29 is 19.1 Å². The highest BCUT2D eigenvalue weighted by Crippen LogP contribution is 2.53. The largest absolute Gasteiger partial charge is 0.481 e. The van der Waals surface area contributed by atoms with E-state index in [1.807, 2.05) is 0 Å². The number of carbonyl (C=O) groups is 2. The molecule has 1 amide bonds. The summed E-state index contributed by atoms with van der Waals surface area (Å²) in [4.78, 5) is 23.4. The Bertz CT molecular complexity index is 594. The number of hydrogen-bond donors (Lipinski definition) is 1. The molecule has 1 unspecified atom stereocenters. The minimum Gasteiger partial charge on any atom is -0.481 e. The Balaban J connectivity index is 1.62. The summed E-state index contributed by atoms with van der Waals surface area (Å²) >= 11 is 0. The van der Waals surface area contributed by atoms with Crippen molar-refractivity contribution in [3.8, 4) is 5.75 Å². The second-order valence-electron chi connectivity index (χ2n) is 6.33. The lowest BCUT2D eigenvalue weighted by Gasteiger charge is -2.19. The Hall–Kier alpha value is -2.04. The number of carbonyl (C=O) groups excluding carboxylic acids is 2. The van der Waals surface area contributed by atoms with Crippen LogP contribution in [0.1, 0.15) is 37.0 Å². The fraction of sp³-hybridized carbons (Fsp3) is 0.500. The molecular formula is C16H19NO4. The predicted octanol–water partition coefficient (Wildman–Crippen LogP) is 2.61. The molecule has 0 bridgehead atoms. The van der Waals surface area contributed by atoms with Crippen LogP contribution in [0.4, 0.5) is 5.69 Å². The summed E-state index contributed by atoms with van der Waals surface area (Å²) in [7, 11) is 0. The number of anilines is 1. The van der Waals surface area contributed by atoms with Gasteiger partial charge in [0.05, 0.1) is 12.3 Å². The molecule has 1 aromatic carbocycles. The average Bonchev–Trinajstić information content (AvgIpc) is 3.05. The van der Waals surface area contributed by atoms with Gasteiger partial charge in [0, 0.05) is 0 Å². The first-order valence-corrected chi connectivity index (χ1v) is 7.20. The number of amides is 1. The second kappa shape index (κ2) is 5.06. The lowest BCUT2D eigenvalue weighted by atomic mass is 10.1. The molecule has 5 heteroatoms. The molecule has 5 nitrogen and oxygen atoms in total. The van der Waals surface area contributed by atoms with Crippen LogP contribution in [-0.4, -0.2) is 25.1 Å². The van der Waals surface area contributed by atoms with E-state index in [4.69, 9.17) is 9.47 Å². The number of nitrogens with one attached hydrogen (secondary N) is 1. The lowest BCUT2D eigenvalue weighted by Crippen LogP contribution is -2.26. The molecule has 1 heterocycles. The summed E-state index contributed by atoms with van der Waals surface area (Å²) in [6.07, 6.45) is 2.09. The van der Waals surface area contributed by atoms with Gasteiger partial charge in [-0.05, 0) is 36.3 Å². The van der Waals surface area contributed by atoms with Crippen molar-refractivity contribution in [2.24, 2.45) is 11.3 Å². The monoisotopic (exact) mass is 289 g/mol. The van der Waals surface area contributed by atoms with Crippen LogP contribution >= 0.6 is 0 Å². The van der Waals surface area contributed by atoms with E-state index in [2.05, 4.69) is 19.2 Å². The molecule has 0 saturated heterocycles. The molecule has 3 rings (SSSR count). The van der Waals surface area contributed by atoms with E-state index in [1.165, 1.54) is 6.42 Å². The summed E-state index contributed by atoms with van der Waals surface area (Å²) in [5.41, 5.74) is 1.28. The smallest absolute Gasteiger partial charge is 0.342 e. The van der Waals surface area contributed by atoms with E-state index in [9.17, 15) is 9.59 Å². The van der Waals surface area contributed by atoms with Crippen LogP contribution in [0.5, 0.6) is 5.75 Å². The zero-order valence-corrected chi connectivity index (χ0v) is 12.3. The van der Waals surface area contributed by atoms with Crippen LogP contribution < -0.4 is 10.1 Å². The molecule has 1 saturated carbocycles. The Morgan fingerprint density at radius 2 is 2.24 bits per heavy atom. The van der Waals surface area contributed by atoms with Crippen LogP contribution in [0.3, 0.4) is 0 Å². The third-order valence-electron chi connectivity index (χ3n) is 4.27. The van der Waals surface area contributed by atoms with Crippen molar-refractivity contribution in [3.63, 3.8) is 0 Å². The number of rotatable bonds is 4. The van der Waals surface area contributed by atoms with E-state index in [0.717, 1.165) is 6.42 Å². The third kappa shape index (κ3) is 2.86. The summed E-state index contributed by atoms with van der Waals surface area (Å²) < 4.78 is 10.7. The lowest BCUT2D eigenvalue weighted by molar-refractivity contribution is -0.118. The second-order valence-corrected chi connectivity index (χ2v) is 6.33. The number of benzene rings is 1. The van der Waals surface area contributed by atoms with Gasteiger partial charge < -0.3 is 14.8 Å². The zero-order valence-electron chi connectivity index (χ0n) is 12.3. The van der Waals surface area contributed by atoms with Gasteiger partial charge in [0.15, 0.2) is 12.4 Å². The Morgan fingerprint density at radius 1 is 1.48 bits per heavy atom. The fourth-order valence-electron chi connectivity index (χ4n) is 2.72. The molecule has 0 aromatic heterocycles. The maximum atomic E-state index is 12.1. The Labute approximate surface area is 123 Å². The van der Waals surface area contributed by atoms with E-state index < -0.39 is 5.97 Å². The summed E-state index contributed by atoms with van der Waals surface area (Å²) in [6, 6.07) is 5.06. The molecule has 1 aliphatic heterocycles. The van der Waals surface area contributed by atoms with Gasteiger partial charge in [-0.25, -0.2) is 4.79 Å². The Morgan fingerprint density at radius 3 is 2.95 bits per heavy atom. The highest BCUT2D eigenvalue weighted by atomic mass is 16.5. The molecule has 0 spiro atoms. The minimum atomic E-state index is -0.401. The minimum absolute atomic E-state index is 0.0758. The quantitative estimate of drug-likeness (QED) is 0.865. The molecule has 1 fully saturated rings. The third-order valence-corrected chi connectivity index (χ3v) is 4.27. The average molecular weight is 289 g/mol. The highest BCUT2D eigenvalue weighted by molar-refractivity contribution is 6.01. The zero-order chi connectivity index (χ0) is 15.0. The van der Waals surface area contributed by atoms with Gasteiger partial charge in [-0.2, -0.15) is 0 Å². The van der Waals surface area contributed by atoms with E-state index >= 15 is 0 Å². The van der Waals surface area contributed by atoms with Gasteiger partial charge in [0.2, 0.25) is 0 Å². The number of para-hydroxylation sites is 1. The van der Waals surface area contributed by atoms with Crippen molar-refractivity contribution >= 4 is 17.6 Å². The van der Waals surface area contributed by atoms with Crippen LogP contribution in [0, 0.1) is 11.3 Å². The van der Waals surface area contributed by atoms with Crippen molar-refractivity contribution in [2.45, 2.75) is 26.7 Å². The summed E-state index contributed by atoms with van der Waals surface area (Å²) in [5, 5.41) is 2.68. The van der Waals surface area contributed by atoms with Crippen LogP contribution in [0.15, 0.2) is 18.2 Å². The predicted molar refractivity (Wildman–Crippen MR) is 77.4 cm³/mol. The SMILES string of the molecule is CC1(C)CC1CCOC(=O)c1cccc2c1OCC(=O)N2. The van der Waals surface area contributed by atoms with Gasteiger partial charge in [-0.1, -0.05) is 19.9 Å². The number of fused-ring (bicyclic) bond motifs is 1. The fourth-order valence-corrected chi connectivity index (χ4v) is 2.72. The number of hydrogen-bond acceptors (Lipinski definition) is 4. The maximum Gasteiger partial charge on any atom is 0.342 e. The topological polar surface area (TPSA) is 64.6 Å². The van der Waals surface area contributed by atoms with Crippen molar-refractivity contribution in [1.82, 2.24) is 0 Å². The molecule has 1 atom stereocenters. The van der Waals surface area contributed by atoms with E-state index in [1.54, 1.807) is 18.2 Å². The van der Waals surface area contributed by atoms with E-state index in [-0.39, 0.29) is 12.5 Å². The molecule has 2 aliphatic rings. The summed E-state index contributed by atoms with van der Waals surface area (Å²) in [5.74, 6) is 0.421. The van der Waals surface area contributed by atoms with Crippen molar-refractivity contribution in [3.05, 3.63) is 23.8 Å². The van der Waals surface area contributed by atoms with Crippen molar-refractivity contribution in [2.75, 3.05) is 18.5 Å². The van der Waals surface area contributed by atoms with Gasteiger partial charge in [-0.3, -0.25) is 4.79 Å². The number of ether oxygens (including phenoxy) is 2. The Kier molecular flexibility index (Phi) is 3.35. The van der Waals surface area contributed by atoms with Gasteiger partial charge in [0.25, 0.3) is 5.91 Å². The normalized spacial score (nSPS) is 21.8. The molecule has 1 N–H and O–H groups in total.